The maximum absolute atomic E-state index is 12.5. The Morgan fingerprint density at radius 2 is 1.93 bits per heavy atom. The summed E-state index contributed by atoms with van der Waals surface area (Å²) in [5.41, 5.74) is 2.17. The first-order valence-corrected chi connectivity index (χ1v) is 10.6. The minimum Gasteiger partial charge on any atom is -0.378 e. The molecule has 1 aromatic carbocycles. The molecular weight excluding hydrogens is 374 g/mol. The largest absolute Gasteiger partial charge is 0.378 e. The summed E-state index contributed by atoms with van der Waals surface area (Å²) in [6, 6.07) is 8.17. The topological polar surface area (TPSA) is 72.3 Å². The van der Waals surface area contributed by atoms with Crippen molar-refractivity contribution in [3.05, 3.63) is 29.8 Å². The van der Waals surface area contributed by atoms with E-state index in [0.717, 1.165) is 35.4 Å². The Balaban J connectivity index is 1.89. The van der Waals surface area contributed by atoms with Crippen LogP contribution in [-0.4, -0.2) is 58.8 Å². The van der Waals surface area contributed by atoms with Gasteiger partial charge in [0, 0.05) is 19.6 Å². The van der Waals surface area contributed by atoms with Crippen LogP contribution in [0.3, 0.4) is 0 Å². The summed E-state index contributed by atoms with van der Waals surface area (Å²) in [4.78, 5) is 14.6. The van der Waals surface area contributed by atoms with E-state index >= 15 is 0 Å². The van der Waals surface area contributed by atoms with Crippen molar-refractivity contribution in [2.24, 2.45) is 5.92 Å². The Labute approximate surface area is 170 Å². The number of nitrogens with zero attached hydrogens (tertiary/aromatic N) is 4. The van der Waals surface area contributed by atoms with E-state index < -0.39 is 0 Å². The van der Waals surface area contributed by atoms with E-state index in [1.165, 1.54) is 11.8 Å². The van der Waals surface area contributed by atoms with Crippen LogP contribution in [0.2, 0.25) is 0 Å². The van der Waals surface area contributed by atoms with Crippen molar-refractivity contribution in [1.29, 1.82) is 0 Å². The molecule has 1 atom stereocenters. The average molecular weight is 404 g/mol. The molecule has 1 saturated heterocycles. The van der Waals surface area contributed by atoms with Crippen molar-refractivity contribution >= 4 is 23.6 Å². The van der Waals surface area contributed by atoms with Crippen LogP contribution in [0, 0.1) is 12.8 Å². The van der Waals surface area contributed by atoms with Gasteiger partial charge in [-0.05, 0) is 31.4 Å². The third kappa shape index (κ3) is 4.86. The van der Waals surface area contributed by atoms with Crippen molar-refractivity contribution in [2.45, 2.75) is 38.1 Å². The van der Waals surface area contributed by atoms with Crippen LogP contribution in [0.15, 0.2) is 29.4 Å². The molecule has 28 heavy (non-hydrogen) atoms. The highest BCUT2D eigenvalue weighted by molar-refractivity contribution is 8.00. The zero-order valence-corrected chi connectivity index (χ0v) is 17.8. The Kier molecular flexibility index (Phi) is 6.96. The number of amides is 1. The fourth-order valence-electron chi connectivity index (χ4n) is 2.99. The van der Waals surface area contributed by atoms with E-state index in [4.69, 9.17) is 4.74 Å². The van der Waals surface area contributed by atoms with Crippen molar-refractivity contribution in [3.8, 4) is 5.69 Å². The Morgan fingerprint density at radius 3 is 2.61 bits per heavy atom. The number of aromatic nitrogens is 3. The van der Waals surface area contributed by atoms with E-state index in [9.17, 15) is 4.79 Å². The summed E-state index contributed by atoms with van der Waals surface area (Å²) in [5, 5.41) is 12.4. The molecule has 1 aromatic heterocycles. The zero-order valence-electron chi connectivity index (χ0n) is 17.0. The van der Waals surface area contributed by atoms with E-state index in [2.05, 4.69) is 57.9 Å². The second-order valence-corrected chi connectivity index (χ2v) is 8.71. The molecule has 7 nitrogen and oxygen atoms in total. The lowest BCUT2D eigenvalue weighted by atomic mass is 10.2. The second-order valence-electron chi connectivity index (χ2n) is 7.40. The van der Waals surface area contributed by atoms with Gasteiger partial charge in [-0.25, -0.2) is 0 Å². The highest BCUT2D eigenvalue weighted by Crippen LogP contribution is 2.31. The minimum atomic E-state index is -0.261. The number of aryl methyl sites for hydroxylation is 1. The molecule has 1 N–H and O–H groups in total. The summed E-state index contributed by atoms with van der Waals surface area (Å²) in [6.45, 7) is 11.7. The molecule has 0 spiro atoms. The molecule has 1 amide bonds. The normalized spacial score (nSPS) is 15.7. The van der Waals surface area contributed by atoms with Crippen LogP contribution < -0.4 is 10.2 Å². The molecule has 2 aromatic rings. The number of rotatable bonds is 7. The third-order valence-corrected chi connectivity index (χ3v) is 5.65. The summed E-state index contributed by atoms with van der Waals surface area (Å²) >= 11 is 1.44. The number of morpholine rings is 1. The molecular formula is C20H29N5O2S. The molecule has 3 rings (SSSR count). The molecule has 2 heterocycles. The number of ether oxygens (including phenoxy) is 1. The summed E-state index contributed by atoms with van der Waals surface area (Å²) in [7, 11) is 0. The SMILES string of the molecule is Cc1ccccc1-n1c(SC(C)C(=O)NCC(C)C)nnc1N1CCOCC1. The standard InChI is InChI=1S/C20H29N5O2S/c1-14(2)13-21-18(26)16(4)28-20-23-22-19(24-9-11-27-12-10-24)25(20)17-8-6-5-7-15(17)3/h5-8,14,16H,9-13H2,1-4H3,(H,21,26). The number of nitrogens with one attached hydrogen (secondary N) is 1. The van der Waals surface area contributed by atoms with Crippen LogP contribution in [-0.2, 0) is 9.53 Å². The molecule has 0 aliphatic carbocycles. The average Bonchev–Trinajstić information content (AvgIpc) is 3.10. The minimum absolute atomic E-state index is 0.0194. The van der Waals surface area contributed by atoms with Gasteiger partial charge in [-0.15, -0.1) is 10.2 Å². The molecule has 1 unspecified atom stereocenters. The van der Waals surface area contributed by atoms with Crippen molar-refractivity contribution < 1.29 is 9.53 Å². The van der Waals surface area contributed by atoms with Gasteiger partial charge in [0.2, 0.25) is 11.9 Å². The van der Waals surface area contributed by atoms with Gasteiger partial charge >= 0.3 is 0 Å². The fraction of sp³-hybridized carbons (Fsp3) is 0.550. The second kappa shape index (κ2) is 9.43. The van der Waals surface area contributed by atoms with Gasteiger partial charge in [0.05, 0.1) is 24.2 Å². The number of thioether (sulfide) groups is 1. The van der Waals surface area contributed by atoms with Crippen LogP contribution >= 0.6 is 11.8 Å². The maximum atomic E-state index is 12.5. The Morgan fingerprint density at radius 1 is 1.21 bits per heavy atom. The lowest BCUT2D eigenvalue weighted by Crippen LogP contribution is -2.38. The Hall–Kier alpha value is -2.06. The van der Waals surface area contributed by atoms with E-state index in [-0.39, 0.29) is 11.2 Å². The van der Waals surface area contributed by atoms with E-state index in [0.29, 0.717) is 25.7 Å². The number of carbonyl (C=O) groups excluding carboxylic acids is 1. The maximum Gasteiger partial charge on any atom is 0.233 e. The number of hydrogen-bond acceptors (Lipinski definition) is 6. The molecule has 8 heteroatoms. The number of hydrogen-bond donors (Lipinski definition) is 1. The molecule has 1 aliphatic rings. The van der Waals surface area contributed by atoms with Gasteiger partial charge in [-0.1, -0.05) is 43.8 Å². The highest BCUT2D eigenvalue weighted by Gasteiger charge is 2.25. The number of benzene rings is 1. The van der Waals surface area contributed by atoms with Crippen LogP contribution in [0.5, 0.6) is 0 Å². The van der Waals surface area contributed by atoms with Gasteiger partial charge < -0.3 is 15.0 Å². The first-order valence-electron chi connectivity index (χ1n) is 9.76. The van der Waals surface area contributed by atoms with E-state index in [1.807, 2.05) is 19.1 Å². The van der Waals surface area contributed by atoms with Gasteiger partial charge in [-0.3, -0.25) is 9.36 Å². The first kappa shape index (κ1) is 20.7. The summed E-state index contributed by atoms with van der Waals surface area (Å²) < 4.78 is 7.55. The lowest BCUT2D eigenvalue weighted by molar-refractivity contribution is -0.120. The summed E-state index contributed by atoms with van der Waals surface area (Å²) in [6.07, 6.45) is 0. The van der Waals surface area contributed by atoms with Gasteiger partial charge in [-0.2, -0.15) is 0 Å². The van der Waals surface area contributed by atoms with Gasteiger partial charge in [0.1, 0.15) is 0 Å². The molecule has 0 bridgehead atoms. The quantitative estimate of drug-likeness (QED) is 0.717. The predicted octanol–water partition coefficient (Wildman–Crippen LogP) is 2.67. The number of anilines is 1. The number of carbonyl (C=O) groups is 1. The zero-order chi connectivity index (χ0) is 20.1. The van der Waals surface area contributed by atoms with Crippen molar-refractivity contribution in [2.75, 3.05) is 37.7 Å². The lowest BCUT2D eigenvalue weighted by Gasteiger charge is -2.28. The van der Waals surface area contributed by atoms with Crippen LogP contribution in [0.1, 0.15) is 26.3 Å². The van der Waals surface area contributed by atoms with Crippen LogP contribution in [0.4, 0.5) is 5.95 Å². The van der Waals surface area contributed by atoms with Gasteiger partial charge in [0.15, 0.2) is 5.16 Å². The third-order valence-electron chi connectivity index (χ3n) is 4.60. The molecule has 0 radical (unpaired) electrons. The predicted molar refractivity (Wildman–Crippen MR) is 112 cm³/mol. The van der Waals surface area contributed by atoms with Crippen LogP contribution in [0.25, 0.3) is 5.69 Å². The molecule has 1 fully saturated rings. The fourth-order valence-corrected chi connectivity index (χ4v) is 3.87. The van der Waals surface area contributed by atoms with Crippen molar-refractivity contribution in [3.63, 3.8) is 0 Å². The smallest absolute Gasteiger partial charge is 0.233 e. The highest BCUT2D eigenvalue weighted by atomic mass is 32.2. The molecule has 1 aliphatic heterocycles. The van der Waals surface area contributed by atoms with Crippen molar-refractivity contribution in [1.82, 2.24) is 20.1 Å². The Bertz CT molecular complexity index is 802. The number of para-hydroxylation sites is 1. The molecule has 152 valence electrons. The first-order chi connectivity index (χ1) is 13.5. The van der Waals surface area contributed by atoms with Gasteiger partial charge in [0.25, 0.3) is 0 Å². The summed E-state index contributed by atoms with van der Waals surface area (Å²) in [5.74, 6) is 1.24. The molecule has 0 saturated carbocycles. The monoisotopic (exact) mass is 403 g/mol. The van der Waals surface area contributed by atoms with E-state index in [1.54, 1.807) is 0 Å².